The van der Waals surface area contributed by atoms with Crippen LogP contribution in [0.15, 0.2) is 42.5 Å². The van der Waals surface area contributed by atoms with Gasteiger partial charge in [0.2, 0.25) is 5.78 Å². The maximum atomic E-state index is 12.0. The van der Waals surface area contributed by atoms with Crippen molar-refractivity contribution >= 4 is 29.2 Å². The van der Waals surface area contributed by atoms with E-state index in [4.69, 9.17) is 4.74 Å². The molecule has 0 saturated heterocycles. The molecule has 5 nitrogen and oxygen atoms in total. The second-order valence-electron chi connectivity index (χ2n) is 7.00. The fourth-order valence-corrected chi connectivity index (χ4v) is 3.76. The zero-order chi connectivity index (χ0) is 21.0. The maximum Gasteiger partial charge on any atom is 0.331 e. The molecule has 0 N–H and O–H groups in total. The largest absolute Gasteiger partial charge is 0.454 e. The monoisotopic (exact) mass is 408 g/mol. The van der Waals surface area contributed by atoms with Crippen LogP contribution in [0.4, 0.5) is 0 Å². The molecule has 150 valence electrons. The summed E-state index contributed by atoms with van der Waals surface area (Å²) in [5, 5.41) is 4.58. The van der Waals surface area contributed by atoms with Gasteiger partial charge in [0.15, 0.2) is 6.61 Å². The third kappa shape index (κ3) is 5.29. The zero-order valence-electron chi connectivity index (χ0n) is 17.1. The SMILES string of the molecule is Cc1ccc(Cn2nc(C)c(/C=C/C(=O)OCC(=O)c3ccc(C)s3)c2C)cc1. The van der Waals surface area contributed by atoms with Crippen molar-refractivity contribution in [2.24, 2.45) is 0 Å². The molecule has 0 aliphatic rings. The summed E-state index contributed by atoms with van der Waals surface area (Å²) >= 11 is 1.40. The molecule has 2 heterocycles. The number of thiophene rings is 1. The Morgan fingerprint density at radius 3 is 2.45 bits per heavy atom. The number of Topliss-reactive ketones (excluding diaryl/α,β-unsaturated/α-hetero) is 1. The number of carbonyl (C=O) groups excluding carboxylic acids is 2. The predicted octanol–water partition coefficient (Wildman–Crippen LogP) is 4.67. The van der Waals surface area contributed by atoms with Crippen LogP contribution in [0.3, 0.4) is 0 Å². The summed E-state index contributed by atoms with van der Waals surface area (Å²) < 4.78 is 7.01. The summed E-state index contributed by atoms with van der Waals surface area (Å²) in [5.74, 6) is -0.736. The normalized spacial score (nSPS) is 11.2. The van der Waals surface area contributed by atoms with E-state index in [1.807, 2.05) is 31.5 Å². The first-order valence-corrected chi connectivity index (χ1v) is 10.2. The van der Waals surface area contributed by atoms with E-state index in [2.05, 4.69) is 36.3 Å². The number of carbonyl (C=O) groups is 2. The van der Waals surface area contributed by atoms with Gasteiger partial charge in [-0.25, -0.2) is 4.79 Å². The number of benzene rings is 1. The molecular formula is C23H24N2O3S. The molecule has 0 atom stereocenters. The zero-order valence-corrected chi connectivity index (χ0v) is 17.9. The minimum absolute atomic E-state index is 0.192. The van der Waals surface area contributed by atoms with Crippen LogP contribution in [0.25, 0.3) is 6.08 Å². The molecule has 1 aromatic carbocycles. The lowest BCUT2D eigenvalue weighted by Crippen LogP contribution is -2.11. The lowest BCUT2D eigenvalue weighted by atomic mass is 10.1. The van der Waals surface area contributed by atoms with E-state index in [0.29, 0.717) is 11.4 Å². The number of esters is 1. The Morgan fingerprint density at radius 2 is 1.79 bits per heavy atom. The van der Waals surface area contributed by atoms with Crippen molar-refractivity contribution < 1.29 is 14.3 Å². The van der Waals surface area contributed by atoms with Gasteiger partial charge in [-0.05, 0) is 51.5 Å². The summed E-state index contributed by atoms with van der Waals surface area (Å²) in [5.41, 5.74) is 5.07. The number of aromatic nitrogens is 2. The van der Waals surface area contributed by atoms with Crippen molar-refractivity contribution in [3.8, 4) is 0 Å². The van der Waals surface area contributed by atoms with Gasteiger partial charge in [-0.15, -0.1) is 11.3 Å². The molecule has 0 amide bonds. The molecule has 0 spiro atoms. The fourth-order valence-electron chi connectivity index (χ4n) is 2.96. The minimum atomic E-state index is -0.545. The van der Waals surface area contributed by atoms with Gasteiger partial charge in [0.05, 0.1) is 17.1 Å². The van der Waals surface area contributed by atoms with Crippen LogP contribution in [0.2, 0.25) is 0 Å². The first-order valence-electron chi connectivity index (χ1n) is 9.37. The van der Waals surface area contributed by atoms with Gasteiger partial charge in [0.25, 0.3) is 0 Å². The van der Waals surface area contributed by atoms with E-state index < -0.39 is 5.97 Å². The summed E-state index contributed by atoms with van der Waals surface area (Å²) in [4.78, 5) is 25.7. The quantitative estimate of drug-likeness (QED) is 0.324. The Balaban J connectivity index is 1.62. The van der Waals surface area contributed by atoms with Crippen molar-refractivity contribution in [1.82, 2.24) is 9.78 Å². The molecule has 0 fully saturated rings. The van der Waals surface area contributed by atoms with E-state index in [0.717, 1.165) is 21.8 Å². The predicted molar refractivity (Wildman–Crippen MR) is 115 cm³/mol. The summed E-state index contributed by atoms with van der Waals surface area (Å²) in [6.07, 6.45) is 3.05. The van der Waals surface area contributed by atoms with E-state index in [1.165, 1.54) is 28.5 Å². The molecule has 0 unspecified atom stereocenters. The molecule has 0 bridgehead atoms. The van der Waals surface area contributed by atoms with Gasteiger partial charge < -0.3 is 4.74 Å². The highest BCUT2D eigenvalue weighted by molar-refractivity contribution is 7.14. The highest BCUT2D eigenvalue weighted by Crippen LogP contribution is 2.18. The summed E-state index contributed by atoms with van der Waals surface area (Å²) in [7, 11) is 0. The Morgan fingerprint density at radius 1 is 1.07 bits per heavy atom. The molecule has 3 rings (SSSR count). The van der Waals surface area contributed by atoms with Crippen molar-refractivity contribution in [3.05, 3.63) is 80.3 Å². The number of hydrogen-bond donors (Lipinski definition) is 0. The maximum absolute atomic E-state index is 12.0. The van der Waals surface area contributed by atoms with Crippen molar-refractivity contribution in [1.29, 1.82) is 0 Å². The smallest absolute Gasteiger partial charge is 0.331 e. The molecular weight excluding hydrogens is 384 g/mol. The van der Waals surface area contributed by atoms with Crippen LogP contribution in [0.5, 0.6) is 0 Å². The number of ketones is 1. The molecule has 0 aliphatic heterocycles. The average molecular weight is 409 g/mol. The minimum Gasteiger partial charge on any atom is -0.454 e. The molecule has 6 heteroatoms. The number of nitrogens with zero attached hydrogens (tertiary/aromatic N) is 2. The van der Waals surface area contributed by atoms with Crippen LogP contribution in [0.1, 0.15) is 42.6 Å². The van der Waals surface area contributed by atoms with E-state index >= 15 is 0 Å². The van der Waals surface area contributed by atoms with Crippen molar-refractivity contribution in [2.45, 2.75) is 34.2 Å². The number of hydrogen-bond acceptors (Lipinski definition) is 5. The lowest BCUT2D eigenvalue weighted by molar-refractivity contribution is -0.136. The number of aryl methyl sites for hydroxylation is 3. The first-order chi connectivity index (χ1) is 13.8. The summed E-state index contributed by atoms with van der Waals surface area (Å²) in [6, 6.07) is 12.0. The number of ether oxygens (including phenoxy) is 1. The molecule has 0 radical (unpaired) electrons. The molecule has 2 aromatic heterocycles. The van der Waals surface area contributed by atoms with E-state index in [9.17, 15) is 9.59 Å². The highest BCUT2D eigenvalue weighted by atomic mass is 32.1. The van der Waals surface area contributed by atoms with Gasteiger partial charge >= 0.3 is 5.97 Å². The van der Waals surface area contributed by atoms with Crippen LogP contribution < -0.4 is 0 Å². The highest BCUT2D eigenvalue weighted by Gasteiger charge is 2.12. The second-order valence-corrected chi connectivity index (χ2v) is 8.29. The number of rotatable bonds is 7. The molecule has 0 saturated carbocycles. The van der Waals surface area contributed by atoms with E-state index in [1.54, 1.807) is 12.1 Å². The van der Waals surface area contributed by atoms with Gasteiger partial charge in [-0.3, -0.25) is 9.48 Å². The standard InChI is InChI=1S/C23H24N2O3S/c1-15-5-8-19(9-6-15)13-25-18(4)20(17(3)24-25)10-12-23(27)28-14-21(26)22-11-7-16(2)29-22/h5-12H,13-14H2,1-4H3/b12-10+. The first kappa shape index (κ1) is 20.7. The van der Waals surface area contributed by atoms with Crippen LogP contribution >= 0.6 is 11.3 Å². The van der Waals surface area contributed by atoms with Gasteiger partial charge in [-0.2, -0.15) is 5.10 Å². The van der Waals surface area contributed by atoms with Gasteiger partial charge in [0.1, 0.15) is 0 Å². The average Bonchev–Trinajstić information content (AvgIpc) is 3.23. The molecule has 29 heavy (non-hydrogen) atoms. The second kappa shape index (κ2) is 9.01. The summed E-state index contributed by atoms with van der Waals surface area (Å²) in [6.45, 7) is 8.28. The van der Waals surface area contributed by atoms with Gasteiger partial charge in [0, 0.05) is 22.2 Å². The van der Waals surface area contributed by atoms with Crippen molar-refractivity contribution in [3.63, 3.8) is 0 Å². The Labute approximate surface area is 174 Å². The third-order valence-corrected chi connectivity index (χ3v) is 5.68. The third-order valence-electron chi connectivity index (χ3n) is 4.64. The lowest BCUT2D eigenvalue weighted by Gasteiger charge is -2.05. The Hall–Kier alpha value is -2.99. The van der Waals surface area contributed by atoms with E-state index in [-0.39, 0.29) is 12.4 Å². The van der Waals surface area contributed by atoms with Gasteiger partial charge in [-0.1, -0.05) is 29.8 Å². The molecule has 3 aromatic rings. The fraction of sp³-hybridized carbons (Fsp3) is 0.261. The topological polar surface area (TPSA) is 61.2 Å². The molecule has 0 aliphatic carbocycles. The van der Waals surface area contributed by atoms with Crippen LogP contribution in [0, 0.1) is 27.7 Å². The Kier molecular flexibility index (Phi) is 6.44. The van der Waals surface area contributed by atoms with Crippen LogP contribution in [-0.2, 0) is 16.1 Å². The van der Waals surface area contributed by atoms with Crippen LogP contribution in [-0.4, -0.2) is 28.1 Å². The van der Waals surface area contributed by atoms with Crippen molar-refractivity contribution in [2.75, 3.05) is 6.61 Å². The Bertz CT molecular complexity index is 1060.